The predicted molar refractivity (Wildman–Crippen MR) is 43.0 cm³/mol. The largest absolute Gasteiger partial charge is 0.381 e. The molecule has 11 heavy (non-hydrogen) atoms. The monoisotopic (exact) mass is 156 g/mol. The molecule has 64 valence electrons. The summed E-state index contributed by atoms with van der Waals surface area (Å²) in [6, 6.07) is 0. The zero-order chi connectivity index (χ0) is 7.68. The number of likely N-dealkylation sites (tertiary alicyclic amines) is 1. The van der Waals surface area contributed by atoms with Gasteiger partial charge in [-0.3, -0.25) is 4.90 Å². The highest BCUT2D eigenvalue weighted by molar-refractivity contribution is 4.85. The van der Waals surface area contributed by atoms with Gasteiger partial charge in [-0.05, 0) is 18.3 Å². The van der Waals surface area contributed by atoms with E-state index < -0.39 is 0 Å². The van der Waals surface area contributed by atoms with Crippen LogP contribution in [-0.2, 0) is 4.74 Å². The van der Waals surface area contributed by atoms with Gasteiger partial charge in [0.1, 0.15) is 0 Å². The molecule has 0 spiro atoms. The van der Waals surface area contributed by atoms with E-state index in [1.165, 1.54) is 13.0 Å². The molecule has 0 aromatic carbocycles. The second-order valence-corrected chi connectivity index (χ2v) is 3.60. The van der Waals surface area contributed by atoms with Gasteiger partial charge in [0.2, 0.25) is 0 Å². The lowest BCUT2D eigenvalue weighted by atomic mass is 9.92. The van der Waals surface area contributed by atoms with Crippen molar-refractivity contribution in [1.29, 1.82) is 0 Å². The molecule has 2 fully saturated rings. The van der Waals surface area contributed by atoms with E-state index in [1.54, 1.807) is 0 Å². The first-order valence-electron chi connectivity index (χ1n) is 4.40. The van der Waals surface area contributed by atoms with Crippen molar-refractivity contribution in [2.45, 2.75) is 6.42 Å². The van der Waals surface area contributed by atoms with E-state index in [0.29, 0.717) is 6.67 Å². The minimum Gasteiger partial charge on any atom is -0.381 e. The molecule has 2 aliphatic heterocycles. The van der Waals surface area contributed by atoms with Gasteiger partial charge in [0.25, 0.3) is 0 Å². The van der Waals surface area contributed by atoms with Crippen molar-refractivity contribution in [3.63, 3.8) is 0 Å². The molecule has 0 amide bonds. The first-order chi connectivity index (χ1) is 5.40. The summed E-state index contributed by atoms with van der Waals surface area (Å²) < 4.78 is 5.41. The summed E-state index contributed by atoms with van der Waals surface area (Å²) in [6.07, 6.45) is 1.24. The average molecular weight is 156 g/mol. The number of hydrogen-bond acceptors (Lipinski definition) is 3. The fourth-order valence-corrected chi connectivity index (χ4v) is 2.17. The molecule has 0 bridgehead atoms. The van der Waals surface area contributed by atoms with Gasteiger partial charge >= 0.3 is 0 Å². The fourth-order valence-electron chi connectivity index (χ4n) is 2.17. The topological polar surface area (TPSA) is 38.5 Å². The van der Waals surface area contributed by atoms with E-state index in [0.717, 1.165) is 31.6 Å². The van der Waals surface area contributed by atoms with E-state index in [1.807, 2.05) is 0 Å². The standard InChI is InChI=1S/C8H16N2O/c9-6-10-3-7-1-2-11-5-8(7)4-10/h7-8H,1-6,9H2. The van der Waals surface area contributed by atoms with Crippen LogP contribution in [0.5, 0.6) is 0 Å². The van der Waals surface area contributed by atoms with E-state index >= 15 is 0 Å². The van der Waals surface area contributed by atoms with Crippen LogP contribution in [0.25, 0.3) is 0 Å². The van der Waals surface area contributed by atoms with Crippen LogP contribution >= 0.6 is 0 Å². The third kappa shape index (κ3) is 1.41. The van der Waals surface area contributed by atoms with Gasteiger partial charge < -0.3 is 10.5 Å². The second-order valence-electron chi connectivity index (χ2n) is 3.60. The third-order valence-electron chi connectivity index (χ3n) is 2.88. The Balaban J connectivity index is 1.92. The lowest BCUT2D eigenvalue weighted by Crippen LogP contribution is -2.28. The summed E-state index contributed by atoms with van der Waals surface area (Å²) in [4.78, 5) is 2.32. The smallest absolute Gasteiger partial charge is 0.0509 e. The highest BCUT2D eigenvalue weighted by Gasteiger charge is 2.33. The summed E-state index contributed by atoms with van der Waals surface area (Å²) >= 11 is 0. The molecule has 2 heterocycles. The average Bonchev–Trinajstić information content (AvgIpc) is 2.46. The summed E-state index contributed by atoms with van der Waals surface area (Å²) in [5.74, 6) is 1.64. The summed E-state index contributed by atoms with van der Waals surface area (Å²) in [7, 11) is 0. The maximum Gasteiger partial charge on any atom is 0.0509 e. The molecule has 0 aromatic rings. The molecule has 2 rings (SSSR count). The van der Waals surface area contributed by atoms with Gasteiger partial charge in [-0.15, -0.1) is 0 Å². The van der Waals surface area contributed by atoms with Crippen LogP contribution in [-0.4, -0.2) is 37.9 Å². The van der Waals surface area contributed by atoms with Crippen LogP contribution in [0, 0.1) is 11.8 Å². The van der Waals surface area contributed by atoms with Gasteiger partial charge in [-0.1, -0.05) is 0 Å². The zero-order valence-electron chi connectivity index (χ0n) is 6.83. The normalized spacial score (nSPS) is 39.0. The van der Waals surface area contributed by atoms with E-state index in [2.05, 4.69) is 4.90 Å². The number of nitrogens with zero attached hydrogens (tertiary/aromatic N) is 1. The molecular formula is C8H16N2O. The van der Waals surface area contributed by atoms with Crippen molar-refractivity contribution in [3.05, 3.63) is 0 Å². The van der Waals surface area contributed by atoms with Crippen molar-refractivity contribution in [3.8, 4) is 0 Å². The van der Waals surface area contributed by atoms with Crippen LogP contribution < -0.4 is 5.73 Å². The lowest BCUT2D eigenvalue weighted by Gasteiger charge is -2.23. The van der Waals surface area contributed by atoms with Gasteiger partial charge in [-0.2, -0.15) is 0 Å². The molecule has 0 radical (unpaired) electrons. The van der Waals surface area contributed by atoms with Crippen LogP contribution in [0.2, 0.25) is 0 Å². The van der Waals surface area contributed by atoms with E-state index in [-0.39, 0.29) is 0 Å². The maximum absolute atomic E-state index is 5.57. The molecule has 0 saturated carbocycles. The van der Waals surface area contributed by atoms with Crippen LogP contribution in [0.4, 0.5) is 0 Å². The Morgan fingerprint density at radius 3 is 2.91 bits per heavy atom. The van der Waals surface area contributed by atoms with Crippen LogP contribution in [0.3, 0.4) is 0 Å². The summed E-state index contributed by atoms with van der Waals surface area (Å²) in [5, 5.41) is 0. The Morgan fingerprint density at radius 1 is 1.36 bits per heavy atom. The van der Waals surface area contributed by atoms with Crippen molar-refractivity contribution in [2.75, 3.05) is 33.0 Å². The van der Waals surface area contributed by atoms with E-state index in [9.17, 15) is 0 Å². The third-order valence-corrected chi connectivity index (χ3v) is 2.88. The molecule has 0 aliphatic carbocycles. The first kappa shape index (κ1) is 7.53. The van der Waals surface area contributed by atoms with Crippen molar-refractivity contribution >= 4 is 0 Å². The number of ether oxygens (including phenoxy) is 1. The van der Waals surface area contributed by atoms with Gasteiger partial charge in [0.05, 0.1) is 6.61 Å². The van der Waals surface area contributed by atoms with Crippen molar-refractivity contribution in [1.82, 2.24) is 4.90 Å². The maximum atomic E-state index is 5.57. The first-order valence-corrected chi connectivity index (χ1v) is 4.40. The Hall–Kier alpha value is -0.120. The molecule has 2 aliphatic rings. The molecule has 2 atom stereocenters. The number of nitrogens with two attached hydrogens (primary N) is 1. The summed E-state index contributed by atoms with van der Waals surface area (Å²) in [5.41, 5.74) is 5.57. The fraction of sp³-hybridized carbons (Fsp3) is 1.00. The number of fused-ring (bicyclic) bond motifs is 1. The molecule has 2 saturated heterocycles. The highest BCUT2D eigenvalue weighted by Crippen LogP contribution is 2.28. The highest BCUT2D eigenvalue weighted by atomic mass is 16.5. The van der Waals surface area contributed by atoms with E-state index in [4.69, 9.17) is 10.5 Å². The van der Waals surface area contributed by atoms with Gasteiger partial charge in [-0.25, -0.2) is 0 Å². The Morgan fingerprint density at radius 2 is 2.18 bits per heavy atom. The number of rotatable bonds is 1. The Bertz CT molecular complexity index is 126. The minimum atomic E-state index is 0.715. The minimum absolute atomic E-state index is 0.715. The van der Waals surface area contributed by atoms with Crippen molar-refractivity contribution < 1.29 is 4.74 Å². The molecular weight excluding hydrogens is 140 g/mol. The SMILES string of the molecule is NCN1CC2CCOCC2C1. The van der Waals surface area contributed by atoms with Gasteiger partial charge in [0.15, 0.2) is 0 Å². The van der Waals surface area contributed by atoms with Gasteiger partial charge in [0, 0.05) is 26.4 Å². The second kappa shape index (κ2) is 3.09. The van der Waals surface area contributed by atoms with Crippen LogP contribution in [0.1, 0.15) is 6.42 Å². The quantitative estimate of drug-likeness (QED) is 0.575. The Kier molecular flexibility index (Phi) is 2.11. The van der Waals surface area contributed by atoms with Crippen molar-refractivity contribution in [2.24, 2.45) is 17.6 Å². The molecule has 2 unspecified atom stereocenters. The summed E-state index contributed by atoms with van der Waals surface area (Å²) in [6.45, 7) is 4.99. The molecule has 3 heteroatoms. The molecule has 0 aromatic heterocycles. The molecule has 2 N–H and O–H groups in total. The Labute approximate surface area is 67.5 Å². The number of hydrogen-bond donors (Lipinski definition) is 1. The lowest BCUT2D eigenvalue weighted by molar-refractivity contribution is 0.0370. The zero-order valence-corrected chi connectivity index (χ0v) is 6.83. The van der Waals surface area contributed by atoms with Crippen LogP contribution in [0.15, 0.2) is 0 Å². The molecule has 3 nitrogen and oxygen atoms in total. The predicted octanol–water partition coefficient (Wildman–Crippen LogP) is -0.129.